The van der Waals surface area contributed by atoms with E-state index in [1.165, 1.54) is 6.07 Å². The summed E-state index contributed by atoms with van der Waals surface area (Å²) in [4.78, 5) is 33.6. The van der Waals surface area contributed by atoms with Crippen LogP contribution in [-0.4, -0.2) is 36.5 Å². The van der Waals surface area contributed by atoms with E-state index in [1.807, 2.05) is 56.7 Å². The van der Waals surface area contributed by atoms with E-state index in [4.69, 9.17) is 0 Å². The molecular formula is C28H26N4O2. The Labute approximate surface area is 197 Å². The first-order valence-corrected chi connectivity index (χ1v) is 11.2. The molecule has 0 radical (unpaired) electrons. The molecule has 0 aliphatic rings. The van der Waals surface area contributed by atoms with Gasteiger partial charge < -0.3 is 20.2 Å². The number of aromatic nitrogens is 2. The molecule has 1 atom stereocenters. The molecule has 3 aromatic carbocycles. The Morgan fingerprint density at radius 2 is 1.59 bits per heavy atom. The molecule has 0 saturated heterocycles. The summed E-state index contributed by atoms with van der Waals surface area (Å²) in [5.74, 6) is -0.332. The monoisotopic (exact) mass is 450 g/mol. The number of H-pyrrole nitrogens is 2. The van der Waals surface area contributed by atoms with Crippen LogP contribution in [0.4, 0.5) is 5.69 Å². The number of carbonyl (C=O) groups excluding carboxylic acids is 1. The number of amides is 1. The van der Waals surface area contributed by atoms with E-state index in [1.54, 1.807) is 6.07 Å². The first-order chi connectivity index (χ1) is 16.5. The number of aromatic amines is 2. The maximum atomic E-state index is 13.2. The Hall–Kier alpha value is -4.32. The summed E-state index contributed by atoms with van der Waals surface area (Å²) in [6, 6.07) is 25.3. The average Bonchev–Trinajstić information content (AvgIpc) is 3.28. The van der Waals surface area contributed by atoms with Crippen molar-refractivity contribution in [3.05, 3.63) is 112 Å². The smallest absolute Gasteiger partial charge is 0.252 e. The molecule has 2 aromatic heterocycles. The fraction of sp³-hybridized carbons (Fsp3) is 0.143. The van der Waals surface area contributed by atoms with Crippen LogP contribution in [0.3, 0.4) is 0 Å². The standard InChI is InChI=1S/C28H26N4O2/c1-32(2)19-13-11-18(12-14-19)23(24-17-29-25-9-5-3-8-21(24)25)16-30-28(34)22-15-27(33)31-26-10-6-4-7-20(22)26/h3-15,17,23,29H,16H2,1-2H3,(H,30,34)(H,31,33)/t23-/m0/s1. The van der Waals surface area contributed by atoms with E-state index in [0.717, 1.165) is 33.1 Å². The summed E-state index contributed by atoms with van der Waals surface area (Å²) in [5.41, 5.74) is 5.11. The maximum Gasteiger partial charge on any atom is 0.252 e. The van der Waals surface area contributed by atoms with Gasteiger partial charge in [0, 0.05) is 66.3 Å². The maximum absolute atomic E-state index is 13.2. The number of pyridine rings is 1. The van der Waals surface area contributed by atoms with Crippen LogP contribution in [0.2, 0.25) is 0 Å². The lowest BCUT2D eigenvalue weighted by molar-refractivity contribution is 0.0954. The van der Waals surface area contributed by atoms with Crippen LogP contribution in [0.15, 0.2) is 89.9 Å². The number of fused-ring (bicyclic) bond motifs is 2. The van der Waals surface area contributed by atoms with Gasteiger partial charge in [0.15, 0.2) is 0 Å². The van der Waals surface area contributed by atoms with Crippen LogP contribution in [0, 0.1) is 0 Å². The molecule has 2 heterocycles. The number of carbonyl (C=O) groups is 1. The normalized spacial score (nSPS) is 12.1. The highest BCUT2D eigenvalue weighted by atomic mass is 16.2. The Kier molecular flexibility index (Phi) is 5.64. The zero-order chi connectivity index (χ0) is 23.7. The van der Waals surface area contributed by atoms with Crippen LogP contribution in [0.1, 0.15) is 27.4 Å². The molecule has 0 unspecified atom stereocenters. The van der Waals surface area contributed by atoms with E-state index in [-0.39, 0.29) is 17.4 Å². The quantitative estimate of drug-likeness (QED) is 0.353. The number of rotatable bonds is 6. The lowest BCUT2D eigenvalue weighted by atomic mass is 9.90. The first kappa shape index (κ1) is 21.5. The van der Waals surface area contributed by atoms with Gasteiger partial charge in [0.2, 0.25) is 5.56 Å². The molecule has 0 fully saturated rings. The second kappa shape index (κ2) is 8.90. The number of nitrogens with zero attached hydrogens (tertiary/aromatic N) is 1. The van der Waals surface area contributed by atoms with Crippen molar-refractivity contribution >= 4 is 33.4 Å². The first-order valence-electron chi connectivity index (χ1n) is 11.2. The molecule has 0 aliphatic heterocycles. The van der Waals surface area contributed by atoms with Gasteiger partial charge in [-0.1, -0.05) is 48.5 Å². The van der Waals surface area contributed by atoms with Gasteiger partial charge in [-0.15, -0.1) is 0 Å². The molecule has 1 amide bonds. The van der Waals surface area contributed by atoms with Gasteiger partial charge in [-0.25, -0.2) is 0 Å². The zero-order valence-electron chi connectivity index (χ0n) is 19.1. The molecule has 3 N–H and O–H groups in total. The average molecular weight is 451 g/mol. The van der Waals surface area contributed by atoms with Crippen molar-refractivity contribution in [1.82, 2.24) is 15.3 Å². The second-order valence-corrected chi connectivity index (χ2v) is 8.63. The minimum atomic E-state index is -0.295. The van der Waals surface area contributed by atoms with E-state index in [9.17, 15) is 9.59 Å². The van der Waals surface area contributed by atoms with E-state index < -0.39 is 0 Å². The van der Waals surface area contributed by atoms with Crippen molar-refractivity contribution in [2.24, 2.45) is 0 Å². The Bertz CT molecular complexity index is 1530. The second-order valence-electron chi connectivity index (χ2n) is 8.63. The van der Waals surface area contributed by atoms with Crippen molar-refractivity contribution < 1.29 is 4.79 Å². The molecule has 6 nitrogen and oxygen atoms in total. The van der Waals surface area contributed by atoms with Gasteiger partial charge in [0.25, 0.3) is 5.91 Å². The molecule has 0 spiro atoms. The predicted octanol–water partition coefficient (Wildman–Crippen LogP) is 4.64. The van der Waals surface area contributed by atoms with Gasteiger partial charge in [0.1, 0.15) is 0 Å². The van der Waals surface area contributed by atoms with Gasteiger partial charge in [-0.2, -0.15) is 0 Å². The summed E-state index contributed by atoms with van der Waals surface area (Å²) in [7, 11) is 4.02. The third kappa shape index (κ3) is 4.06. The number of hydrogen-bond donors (Lipinski definition) is 3. The molecule has 5 aromatic rings. The largest absolute Gasteiger partial charge is 0.378 e. The third-order valence-corrected chi connectivity index (χ3v) is 6.27. The molecule has 5 rings (SSSR count). The Balaban J connectivity index is 1.50. The van der Waals surface area contributed by atoms with Gasteiger partial charge in [-0.05, 0) is 35.4 Å². The molecular weight excluding hydrogens is 424 g/mol. The summed E-state index contributed by atoms with van der Waals surface area (Å²) in [6.45, 7) is 0.392. The number of para-hydroxylation sites is 2. The summed E-state index contributed by atoms with van der Waals surface area (Å²) in [6.07, 6.45) is 2.02. The number of benzene rings is 3. The van der Waals surface area contributed by atoms with Crippen molar-refractivity contribution in [2.75, 3.05) is 25.5 Å². The van der Waals surface area contributed by atoms with Crippen molar-refractivity contribution in [3.63, 3.8) is 0 Å². The number of anilines is 1. The lowest BCUT2D eigenvalue weighted by Crippen LogP contribution is -2.30. The highest BCUT2D eigenvalue weighted by Gasteiger charge is 2.20. The topological polar surface area (TPSA) is 81.0 Å². The van der Waals surface area contributed by atoms with E-state index >= 15 is 0 Å². The Morgan fingerprint density at radius 3 is 2.32 bits per heavy atom. The van der Waals surface area contributed by atoms with Gasteiger partial charge >= 0.3 is 0 Å². The summed E-state index contributed by atoms with van der Waals surface area (Å²) in [5, 5.41) is 4.94. The zero-order valence-corrected chi connectivity index (χ0v) is 19.1. The fourth-order valence-electron chi connectivity index (χ4n) is 4.48. The van der Waals surface area contributed by atoms with Crippen molar-refractivity contribution in [1.29, 1.82) is 0 Å². The molecule has 6 heteroatoms. The minimum Gasteiger partial charge on any atom is -0.378 e. The highest BCUT2D eigenvalue weighted by Crippen LogP contribution is 2.31. The van der Waals surface area contributed by atoms with Crippen LogP contribution in [0.5, 0.6) is 0 Å². The van der Waals surface area contributed by atoms with Crippen LogP contribution in [-0.2, 0) is 0 Å². The molecule has 0 saturated carbocycles. The molecule has 170 valence electrons. The van der Waals surface area contributed by atoms with E-state index in [0.29, 0.717) is 17.6 Å². The fourth-order valence-corrected chi connectivity index (χ4v) is 4.48. The highest BCUT2D eigenvalue weighted by molar-refractivity contribution is 6.06. The van der Waals surface area contributed by atoms with Gasteiger partial charge in [0.05, 0.1) is 5.56 Å². The molecule has 34 heavy (non-hydrogen) atoms. The Morgan fingerprint density at radius 1 is 0.912 bits per heavy atom. The minimum absolute atomic E-state index is 0.0652. The number of hydrogen-bond acceptors (Lipinski definition) is 3. The molecule has 0 bridgehead atoms. The van der Waals surface area contributed by atoms with Crippen molar-refractivity contribution in [2.45, 2.75) is 5.92 Å². The SMILES string of the molecule is CN(C)c1ccc([C@H](CNC(=O)c2cc(=O)[nH]c3ccccc23)c2c[nH]c3ccccc23)cc1. The lowest BCUT2D eigenvalue weighted by Gasteiger charge is -2.20. The van der Waals surface area contributed by atoms with Crippen LogP contribution in [0.25, 0.3) is 21.8 Å². The van der Waals surface area contributed by atoms with Crippen molar-refractivity contribution in [3.8, 4) is 0 Å². The van der Waals surface area contributed by atoms with Gasteiger partial charge in [-0.3, -0.25) is 9.59 Å². The third-order valence-electron chi connectivity index (χ3n) is 6.27. The van der Waals surface area contributed by atoms with E-state index in [2.05, 4.69) is 50.5 Å². The molecule has 0 aliphatic carbocycles. The number of nitrogens with one attached hydrogen (secondary N) is 3. The summed E-state index contributed by atoms with van der Waals surface area (Å²) < 4.78 is 0. The predicted molar refractivity (Wildman–Crippen MR) is 138 cm³/mol. The van der Waals surface area contributed by atoms with Crippen LogP contribution < -0.4 is 15.8 Å². The van der Waals surface area contributed by atoms with Crippen LogP contribution >= 0.6 is 0 Å². The summed E-state index contributed by atoms with van der Waals surface area (Å²) >= 11 is 0.